The molecule has 0 amide bonds. The van der Waals surface area contributed by atoms with E-state index in [0.29, 0.717) is 17.8 Å². The Bertz CT molecular complexity index is 542. The van der Waals surface area contributed by atoms with Gasteiger partial charge in [-0.1, -0.05) is 6.07 Å². The van der Waals surface area contributed by atoms with E-state index in [-0.39, 0.29) is 11.8 Å². The minimum absolute atomic E-state index is 0.0370. The summed E-state index contributed by atoms with van der Waals surface area (Å²) in [6.07, 6.45) is 1.16. The number of carbonyl (C=O) groups is 1. The fraction of sp³-hybridized carbons (Fsp3) is 0.333. The maximum Gasteiger partial charge on any atom is 0.354 e. The zero-order chi connectivity index (χ0) is 13.8. The lowest BCUT2D eigenvalue weighted by molar-refractivity contribution is -0.384. The average molecular weight is 263 g/mol. The Morgan fingerprint density at radius 3 is 3.00 bits per heavy atom. The molecule has 0 aliphatic carbocycles. The Balaban J connectivity index is 2.07. The number of hydrazone groups is 1. The molecule has 1 fully saturated rings. The van der Waals surface area contributed by atoms with Crippen molar-refractivity contribution < 1.29 is 14.5 Å². The monoisotopic (exact) mass is 263 g/mol. The summed E-state index contributed by atoms with van der Waals surface area (Å²) in [6.45, 7) is 1.82. The summed E-state index contributed by atoms with van der Waals surface area (Å²) in [5.41, 5.74) is 3.35. The number of nitrogens with zero attached hydrogens (tertiary/aromatic N) is 2. The first-order valence-corrected chi connectivity index (χ1v) is 5.84. The first-order valence-electron chi connectivity index (χ1n) is 5.84. The Morgan fingerprint density at radius 2 is 2.32 bits per heavy atom. The largest absolute Gasteiger partial charge is 0.458 e. The molecule has 1 saturated heterocycles. The second-order valence-electron chi connectivity index (χ2n) is 4.23. The number of hydrogen-bond acceptors (Lipinski definition) is 6. The highest BCUT2D eigenvalue weighted by molar-refractivity contribution is 6.37. The van der Waals surface area contributed by atoms with E-state index < -0.39 is 10.9 Å². The Hall–Kier alpha value is -2.44. The van der Waals surface area contributed by atoms with Gasteiger partial charge in [0, 0.05) is 18.6 Å². The number of cyclic esters (lactones) is 1. The second-order valence-corrected chi connectivity index (χ2v) is 4.23. The number of hydrogen-bond donors (Lipinski definition) is 1. The molecule has 1 atom stereocenters. The lowest BCUT2D eigenvalue weighted by Gasteiger charge is -2.19. The molecule has 0 saturated carbocycles. The van der Waals surface area contributed by atoms with Crippen LogP contribution in [0.5, 0.6) is 0 Å². The minimum atomic E-state index is -0.491. The number of nitro benzene ring substituents is 1. The number of benzene rings is 1. The highest BCUT2D eigenvalue weighted by Gasteiger charge is 2.23. The molecule has 0 radical (unpaired) electrons. The number of nitrogens with one attached hydrogen (secondary N) is 1. The van der Waals surface area contributed by atoms with Crippen LogP contribution in [0.2, 0.25) is 0 Å². The Labute approximate surface area is 109 Å². The lowest BCUT2D eigenvalue weighted by Crippen LogP contribution is -2.30. The molecule has 2 rings (SSSR count). The summed E-state index contributed by atoms with van der Waals surface area (Å²) in [6, 6.07) is 5.91. The van der Waals surface area contributed by atoms with Crippen LogP contribution in [-0.4, -0.2) is 22.7 Å². The van der Waals surface area contributed by atoms with Gasteiger partial charge in [-0.05, 0) is 19.4 Å². The molecule has 1 aliphatic rings. The van der Waals surface area contributed by atoms with E-state index in [1.54, 1.807) is 12.1 Å². The van der Waals surface area contributed by atoms with Crippen molar-refractivity contribution in [3.63, 3.8) is 0 Å². The standard InChI is InChI=1S/C12H13N3O4/c1-8-5-6-11(12(16)19-8)14-13-9-3-2-4-10(7-9)15(17)18/h2-4,7-8,13H,5-6H2,1H3/b14-11-. The fourth-order valence-electron chi connectivity index (χ4n) is 1.67. The summed E-state index contributed by atoms with van der Waals surface area (Å²) in [4.78, 5) is 21.6. The minimum Gasteiger partial charge on any atom is -0.458 e. The molecule has 1 aromatic rings. The third-order valence-corrected chi connectivity index (χ3v) is 2.71. The van der Waals surface area contributed by atoms with Gasteiger partial charge in [0.2, 0.25) is 0 Å². The maximum atomic E-state index is 11.5. The van der Waals surface area contributed by atoms with E-state index in [4.69, 9.17) is 4.74 Å². The van der Waals surface area contributed by atoms with Gasteiger partial charge < -0.3 is 4.74 Å². The van der Waals surface area contributed by atoms with E-state index in [2.05, 4.69) is 10.5 Å². The van der Waals surface area contributed by atoms with Gasteiger partial charge in [0.1, 0.15) is 5.71 Å². The summed E-state index contributed by atoms with van der Waals surface area (Å²) in [5, 5.41) is 14.6. The van der Waals surface area contributed by atoms with E-state index in [0.717, 1.165) is 6.42 Å². The topological polar surface area (TPSA) is 93.8 Å². The smallest absolute Gasteiger partial charge is 0.354 e. The van der Waals surface area contributed by atoms with Crippen LogP contribution in [0.3, 0.4) is 0 Å². The van der Waals surface area contributed by atoms with Gasteiger partial charge in [-0.3, -0.25) is 15.5 Å². The van der Waals surface area contributed by atoms with Gasteiger partial charge in [0.25, 0.3) is 5.69 Å². The van der Waals surface area contributed by atoms with Crippen molar-refractivity contribution in [1.82, 2.24) is 0 Å². The molecule has 100 valence electrons. The first-order chi connectivity index (χ1) is 9.06. The number of nitro groups is 1. The van der Waals surface area contributed by atoms with E-state index in [1.165, 1.54) is 12.1 Å². The highest BCUT2D eigenvalue weighted by atomic mass is 16.6. The number of non-ortho nitro benzene ring substituents is 1. The number of rotatable bonds is 3. The van der Waals surface area contributed by atoms with Gasteiger partial charge in [-0.15, -0.1) is 0 Å². The zero-order valence-electron chi connectivity index (χ0n) is 10.3. The van der Waals surface area contributed by atoms with Crippen molar-refractivity contribution in [3.8, 4) is 0 Å². The lowest BCUT2D eigenvalue weighted by atomic mass is 10.1. The van der Waals surface area contributed by atoms with Crippen molar-refractivity contribution >= 4 is 23.1 Å². The Kier molecular flexibility index (Phi) is 3.74. The third kappa shape index (κ3) is 3.27. The average Bonchev–Trinajstić information content (AvgIpc) is 2.38. The van der Waals surface area contributed by atoms with Gasteiger partial charge in [0.15, 0.2) is 0 Å². The van der Waals surface area contributed by atoms with Gasteiger partial charge in [-0.2, -0.15) is 5.10 Å². The molecule has 1 aliphatic heterocycles. The fourth-order valence-corrected chi connectivity index (χ4v) is 1.67. The van der Waals surface area contributed by atoms with Crippen molar-refractivity contribution in [2.24, 2.45) is 5.10 Å². The van der Waals surface area contributed by atoms with Crippen LogP contribution in [0.15, 0.2) is 29.4 Å². The molecule has 1 N–H and O–H groups in total. The molecule has 19 heavy (non-hydrogen) atoms. The predicted octanol–water partition coefficient (Wildman–Crippen LogP) is 2.09. The van der Waals surface area contributed by atoms with Gasteiger partial charge in [-0.25, -0.2) is 4.79 Å². The van der Waals surface area contributed by atoms with Crippen molar-refractivity contribution in [2.75, 3.05) is 5.43 Å². The summed E-state index contributed by atoms with van der Waals surface area (Å²) >= 11 is 0. The highest BCUT2D eigenvalue weighted by Crippen LogP contribution is 2.18. The molecule has 1 heterocycles. The SMILES string of the molecule is CC1CC/C(=N/Nc2cccc([N+](=O)[O-])c2)C(=O)O1. The van der Waals surface area contributed by atoms with Crippen LogP contribution >= 0.6 is 0 Å². The second kappa shape index (κ2) is 5.47. The Morgan fingerprint density at radius 1 is 1.53 bits per heavy atom. The number of carbonyl (C=O) groups excluding carboxylic acids is 1. The molecule has 7 nitrogen and oxygen atoms in total. The normalized spacial score (nSPS) is 21.0. The van der Waals surface area contributed by atoms with Crippen LogP contribution in [0.1, 0.15) is 19.8 Å². The van der Waals surface area contributed by atoms with Crippen molar-refractivity contribution in [2.45, 2.75) is 25.9 Å². The molecule has 0 aromatic heterocycles. The number of esters is 1. The summed E-state index contributed by atoms with van der Waals surface area (Å²) in [7, 11) is 0. The number of anilines is 1. The van der Waals surface area contributed by atoms with Gasteiger partial charge >= 0.3 is 5.97 Å². The molecule has 0 bridgehead atoms. The quantitative estimate of drug-likeness (QED) is 0.512. The van der Waals surface area contributed by atoms with Gasteiger partial charge in [0.05, 0.1) is 16.7 Å². The maximum absolute atomic E-state index is 11.5. The van der Waals surface area contributed by atoms with E-state index in [9.17, 15) is 14.9 Å². The third-order valence-electron chi connectivity index (χ3n) is 2.71. The first kappa shape index (κ1) is 13.0. The number of ether oxygens (including phenoxy) is 1. The van der Waals surface area contributed by atoms with E-state index >= 15 is 0 Å². The molecule has 1 aromatic carbocycles. The molecule has 1 unspecified atom stereocenters. The molecule has 7 heteroatoms. The summed E-state index contributed by atoms with van der Waals surface area (Å²) in [5.74, 6) is -0.448. The van der Waals surface area contributed by atoms with Crippen LogP contribution in [0.4, 0.5) is 11.4 Å². The van der Waals surface area contributed by atoms with Crippen LogP contribution in [-0.2, 0) is 9.53 Å². The van der Waals surface area contributed by atoms with E-state index in [1.807, 2.05) is 6.92 Å². The molecular weight excluding hydrogens is 250 g/mol. The summed E-state index contributed by atoms with van der Waals surface area (Å²) < 4.78 is 5.03. The molecule has 0 spiro atoms. The van der Waals surface area contributed by atoms with Crippen LogP contribution in [0.25, 0.3) is 0 Å². The zero-order valence-corrected chi connectivity index (χ0v) is 10.3. The van der Waals surface area contributed by atoms with Crippen LogP contribution in [0, 0.1) is 10.1 Å². The predicted molar refractivity (Wildman–Crippen MR) is 68.9 cm³/mol. The van der Waals surface area contributed by atoms with Crippen LogP contribution < -0.4 is 5.43 Å². The van der Waals surface area contributed by atoms with Crippen molar-refractivity contribution in [3.05, 3.63) is 34.4 Å². The molecular formula is C12H13N3O4. The van der Waals surface area contributed by atoms with Crippen molar-refractivity contribution in [1.29, 1.82) is 0 Å².